The van der Waals surface area contributed by atoms with Crippen molar-refractivity contribution in [2.24, 2.45) is 0 Å². The van der Waals surface area contributed by atoms with Gasteiger partial charge in [-0.1, -0.05) is 6.07 Å². The van der Waals surface area contributed by atoms with Gasteiger partial charge in [-0.15, -0.1) is 15.3 Å². The molecule has 27 heavy (non-hydrogen) atoms. The molecule has 0 N–H and O–H groups in total. The molecule has 2 aromatic heterocycles. The Labute approximate surface area is 153 Å². The first-order valence-corrected chi connectivity index (χ1v) is 8.05. The minimum Gasteiger partial charge on any atom is -0.493 e. The smallest absolute Gasteiger partial charge is 0.453 e. The molecule has 0 amide bonds. The second kappa shape index (κ2) is 7.29. The highest BCUT2D eigenvalue weighted by Gasteiger charge is 2.37. The van der Waals surface area contributed by atoms with Crippen LogP contribution in [0, 0.1) is 0 Å². The van der Waals surface area contributed by atoms with E-state index in [9.17, 15) is 13.2 Å². The van der Waals surface area contributed by atoms with Gasteiger partial charge in [0.1, 0.15) is 5.82 Å². The Balaban J connectivity index is 1.77. The van der Waals surface area contributed by atoms with Crippen LogP contribution in [0.5, 0.6) is 11.5 Å². The number of fused-ring (bicyclic) bond motifs is 1. The quantitative estimate of drug-likeness (QED) is 0.654. The lowest BCUT2D eigenvalue weighted by Crippen LogP contribution is -2.23. The molecule has 144 valence electrons. The molecule has 0 aliphatic rings. The van der Waals surface area contributed by atoms with Crippen molar-refractivity contribution in [3.8, 4) is 11.5 Å². The van der Waals surface area contributed by atoms with E-state index in [1.165, 1.54) is 6.07 Å². The number of ether oxygens (including phenoxy) is 2. The van der Waals surface area contributed by atoms with E-state index in [4.69, 9.17) is 9.47 Å². The highest BCUT2D eigenvalue weighted by atomic mass is 19.4. The van der Waals surface area contributed by atoms with Gasteiger partial charge in [0, 0.05) is 13.6 Å². The van der Waals surface area contributed by atoms with E-state index in [2.05, 4.69) is 15.3 Å². The van der Waals surface area contributed by atoms with E-state index in [1.54, 1.807) is 32.2 Å². The number of hydrogen-bond acceptors (Lipinski definition) is 6. The molecule has 0 atom stereocenters. The first-order chi connectivity index (χ1) is 12.8. The standard InChI is InChI=1S/C17H18F3N5O2/c1-24(9-8-11-4-5-12(26-2)13(10-11)27-3)15-7-6-14-21-22-16(17(18,19)20)25(14)23-15/h4-7,10H,8-9H2,1-3H3. The fraction of sp³-hybridized carbons (Fsp3) is 0.353. The van der Waals surface area contributed by atoms with Crippen LogP contribution in [-0.4, -0.2) is 47.6 Å². The number of anilines is 1. The predicted molar refractivity (Wildman–Crippen MR) is 92.3 cm³/mol. The van der Waals surface area contributed by atoms with Gasteiger partial charge in [-0.3, -0.25) is 0 Å². The normalized spacial score (nSPS) is 11.6. The van der Waals surface area contributed by atoms with Crippen molar-refractivity contribution in [1.82, 2.24) is 19.8 Å². The van der Waals surface area contributed by atoms with Crippen molar-refractivity contribution in [1.29, 1.82) is 0 Å². The minimum atomic E-state index is -4.62. The third kappa shape index (κ3) is 3.88. The molecule has 7 nitrogen and oxygen atoms in total. The number of halogens is 3. The van der Waals surface area contributed by atoms with Gasteiger partial charge in [-0.25, -0.2) is 0 Å². The van der Waals surface area contributed by atoms with Crippen LogP contribution < -0.4 is 14.4 Å². The van der Waals surface area contributed by atoms with Gasteiger partial charge >= 0.3 is 6.18 Å². The van der Waals surface area contributed by atoms with Gasteiger partial charge in [-0.05, 0) is 36.2 Å². The lowest BCUT2D eigenvalue weighted by atomic mass is 10.1. The summed E-state index contributed by atoms with van der Waals surface area (Å²) in [6.07, 6.45) is -3.98. The zero-order valence-electron chi connectivity index (χ0n) is 15.0. The Morgan fingerprint density at radius 1 is 1.04 bits per heavy atom. The van der Waals surface area contributed by atoms with Crippen LogP contribution in [0.15, 0.2) is 30.3 Å². The molecule has 3 rings (SSSR count). The minimum absolute atomic E-state index is 0.0411. The van der Waals surface area contributed by atoms with Crippen molar-refractivity contribution < 1.29 is 22.6 Å². The van der Waals surface area contributed by atoms with Crippen LogP contribution in [0.1, 0.15) is 11.4 Å². The molecule has 0 fully saturated rings. The Morgan fingerprint density at radius 3 is 2.44 bits per heavy atom. The monoisotopic (exact) mass is 381 g/mol. The maximum atomic E-state index is 13.0. The maximum Gasteiger partial charge on any atom is 0.453 e. The van der Waals surface area contributed by atoms with E-state index >= 15 is 0 Å². The number of benzene rings is 1. The maximum absolute atomic E-state index is 13.0. The molecule has 1 aromatic carbocycles. The lowest BCUT2D eigenvalue weighted by molar-refractivity contribution is -0.146. The summed E-state index contributed by atoms with van der Waals surface area (Å²) in [4.78, 5) is 1.76. The van der Waals surface area contributed by atoms with E-state index in [1.807, 2.05) is 18.2 Å². The molecule has 2 heterocycles. The highest BCUT2D eigenvalue weighted by Crippen LogP contribution is 2.29. The van der Waals surface area contributed by atoms with Gasteiger partial charge in [-0.2, -0.15) is 17.7 Å². The molecule has 0 saturated heterocycles. The molecule has 0 aliphatic heterocycles. The van der Waals surface area contributed by atoms with E-state index in [0.717, 1.165) is 5.56 Å². The summed E-state index contributed by atoms with van der Waals surface area (Å²) in [6, 6.07) is 8.65. The molecule has 0 spiro atoms. The van der Waals surface area contributed by atoms with Crippen LogP contribution in [0.25, 0.3) is 5.65 Å². The number of methoxy groups -OCH3 is 2. The van der Waals surface area contributed by atoms with Gasteiger partial charge in [0.15, 0.2) is 17.1 Å². The average Bonchev–Trinajstić information content (AvgIpc) is 3.09. The Morgan fingerprint density at radius 2 is 1.78 bits per heavy atom. The number of alkyl halides is 3. The Hall–Kier alpha value is -3.04. The zero-order valence-corrected chi connectivity index (χ0v) is 15.0. The summed E-state index contributed by atoms with van der Waals surface area (Å²) < 4.78 is 50.2. The fourth-order valence-electron chi connectivity index (χ4n) is 2.61. The van der Waals surface area contributed by atoms with Crippen molar-refractivity contribution in [3.63, 3.8) is 0 Å². The lowest BCUT2D eigenvalue weighted by Gasteiger charge is -2.18. The van der Waals surface area contributed by atoms with Gasteiger partial charge in [0.2, 0.25) is 0 Å². The van der Waals surface area contributed by atoms with Crippen LogP contribution >= 0.6 is 0 Å². The largest absolute Gasteiger partial charge is 0.493 e. The predicted octanol–water partition coefficient (Wildman–Crippen LogP) is 2.84. The second-order valence-corrected chi connectivity index (χ2v) is 5.84. The fourth-order valence-corrected chi connectivity index (χ4v) is 2.61. The summed E-state index contributed by atoms with van der Waals surface area (Å²) in [5.74, 6) is 0.492. The molecule has 0 radical (unpaired) electrons. The molecule has 0 bridgehead atoms. The van der Waals surface area contributed by atoms with E-state index in [-0.39, 0.29) is 5.65 Å². The molecular weight excluding hydrogens is 363 g/mol. The summed E-state index contributed by atoms with van der Waals surface area (Å²) in [7, 11) is 4.88. The Bertz CT molecular complexity index is 942. The molecule has 10 heteroatoms. The first kappa shape index (κ1) is 18.7. The van der Waals surface area contributed by atoms with Crippen molar-refractivity contribution >= 4 is 11.5 Å². The van der Waals surface area contributed by atoms with Crippen molar-refractivity contribution in [3.05, 3.63) is 41.7 Å². The summed E-state index contributed by atoms with van der Waals surface area (Å²) in [5.41, 5.74) is 1.04. The molecule has 0 unspecified atom stereocenters. The number of aromatic nitrogens is 4. The molecular formula is C17H18F3N5O2. The molecule has 0 saturated carbocycles. The topological polar surface area (TPSA) is 64.8 Å². The van der Waals surface area contributed by atoms with Gasteiger partial charge in [0.25, 0.3) is 5.82 Å². The van der Waals surface area contributed by atoms with Crippen LogP contribution in [-0.2, 0) is 12.6 Å². The SMILES string of the molecule is COc1ccc(CCN(C)c2ccc3nnc(C(F)(F)F)n3n2)cc1OC. The van der Waals surface area contributed by atoms with Gasteiger partial charge < -0.3 is 14.4 Å². The molecule has 0 aliphatic carbocycles. The second-order valence-electron chi connectivity index (χ2n) is 5.84. The van der Waals surface area contributed by atoms with E-state index < -0.39 is 12.0 Å². The summed E-state index contributed by atoms with van der Waals surface area (Å²) in [6.45, 7) is 0.539. The third-order valence-electron chi connectivity index (χ3n) is 4.08. The van der Waals surface area contributed by atoms with Crippen LogP contribution in [0.4, 0.5) is 19.0 Å². The van der Waals surface area contributed by atoms with Crippen molar-refractivity contribution in [2.45, 2.75) is 12.6 Å². The van der Waals surface area contributed by atoms with Crippen molar-refractivity contribution in [2.75, 3.05) is 32.7 Å². The first-order valence-electron chi connectivity index (χ1n) is 8.05. The summed E-state index contributed by atoms with van der Waals surface area (Å²) in [5, 5.41) is 10.7. The van der Waals surface area contributed by atoms with Crippen LogP contribution in [0.2, 0.25) is 0 Å². The van der Waals surface area contributed by atoms with Crippen LogP contribution in [0.3, 0.4) is 0 Å². The number of likely N-dealkylation sites (N-methyl/N-ethyl adjacent to an activating group) is 1. The molecule has 3 aromatic rings. The highest BCUT2D eigenvalue weighted by molar-refractivity contribution is 5.46. The summed E-state index contributed by atoms with van der Waals surface area (Å²) >= 11 is 0. The average molecular weight is 381 g/mol. The Kier molecular flexibility index (Phi) is 5.06. The van der Waals surface area contributed by atoms with E-state index in [0.29, 0.717) is 34.8 Å². The zero-order chi connectivity index (χ0) is 19.6. The number of rotatable bonds is 6. The third-order valence-corrected chi connectivity index (χ3v) is 4.08. The number of hydrogen-bond donors (Lipinski definition) is 0. The number of nitrogens with zero attached hydrogens (tertiary/aromatic N) is 5. The van der Waals surface area contributed by atoms with Gasteiger partial charge in [0.05, 0.1) is 14.2 Å².